The molecule has 7 nitrogen and oxygen atoms in total. The number of fused-ring (bicyclic) bond motifs is 1. The van der Waals surface area contributed by atoms with E-state index in [0.717, 1.165) is 40.0 Å². The maximum atomic E-state index is 6.28. The Morgan fingerprint density at radius 3 is 2.88 bits per heavy atom. The lowest BCUT2D eigenvalue weighted by molar-refractivity contribution is 0.415. The van der Waals surface area contributed by atoms with Crippen LogP contribution in [0.15, 0.2) is 24.5 Å². The number of rotatable bonds is 4. The number of methoxy groups -OCH3 is 1. The first-order chi connectivity index (χ1) is 11.7. The molecule has 8 heteroatoms. The highest BCUT2D eigenvalue weighted by atomic mass is 32.1. The summed E-state index contributed by atoms with van der Waals surface area (Å²) in [5, 5.41) is 3.97. The minimum Gasteiger partial charge on any atom is -0.497 e. The van der Waals surface area contributed by atoms with Crippen molar-refractivity contribution >= 4 is 44.0 Å². The molecule has 1 fully saturated rings. The van der Waals surface area contributed by atoms with Crippen LogP contribution in [0.3, 0.4) is 0 Å². The van der Waals surface area contributed by atoms with Crippen molar-refractivity contribution in [2.45, 2.75) is 12.8 Å². The second-order valence-electron chi connectivity index (χ2n) is 5.63. The van der Waals surface area contributed by atoms with Crippen LogP contribution in [0.2, 0.25) is 0 Å². The number of ether oxygens (including phenoxy) is 1. The Bertz CT molecular complexity index is 874. The summed E-state index contributed by atoms with van der Waals surface area (Å²) in [6.45, 7) is 1.98. The zero-order valence-electron chi connectivity index (χ0n) is 13.3. The molecule has 1 saturated heterocycles. The number of nitrogens with two attached hydrogens (primary N) is 1. The van der Waals surface area contributed by atoms with Gasteiger partial charge in [0.15, 0.2) is 16.8 Å². The van der Waals surface area contributed by atoms with Gasteiger partial charge in [0.25, 0.3) is 0 Å². The van der Waals surface area contributed by atoms with Crippen LogP contribution in [-0.2, 0) is 0 Å². The van der Waals surface area contributed by atoms with Gasteiger partial charge in [0.05, 0.1) is 17.3 Å². The van der Waals surface area contributed by atoms with Crippen LogP contribution in [0.4, 0.5) is 22.5 Å². The Morgan fingerprint density at radius 2 is 2.08 bits per heavy atom. The van der Waals surface area contributed by atoms with E-state index in [0.29, 0.717) is 11.5 Å². The molecule has 124 valence electrons. The molecule has 1 aromatic carbocycles. The van der Waals surface area contributed by atoms with Gasteiger partial charge in [-0.1, -0.05) is 11.3 Å². The number of nitrogen functional groups attached to an aromatic ring is 1. The van der Waals surface area contributed by atoms with E-state index in [9.17, 15) is 0 Å². The highest BCUT2D eigenvalue weighted by Gasteiger charge is 2.19. The average Bonchev–Trinajstić information content (AvgIpc) is 3.25. The molecule has 0 atom stereocenters. The van der Waals surface area contributed by atoms with Crippen molar-refractivity contribution in [1.82, 2.24) is 15.0 Å². The highest BCUT2D eigenvalue weighted by molar-refractivity contribution is 7.22. The lowest BCUT2D eigenvalue weighted by Crippen LogP contribution is -2.21. The van der Waals surface area contributed by atoms with E-state index >= 15 is 0 Å². The SMILES string of the molecule is COc1ccc2nc(Nc3ncnc(N4CCCC4)c3N)sc2c1. The number of hydrogen-bond acceptors (Lipinski definition) is 8. The number of nitrogens with zero attached hydrogens (tertiary/aromatic N) is 4. The van der Waals surface area contributed by atoms with Gasteiger partial charge < -0.3 is 20.7 Å². The second kappa shape index (κ2) is 6.12. The van der Waals surface area contributed by atoms with Crippen molar-refractivity contribution in [2.24, 2.45) is 0 Å². The average molecular weight is 342 g/mol. The van der Waals surface area contributed by atoms with Gasteiger partial charge in [-0.15, -0.1) is 0 Å². The van der Waals surface area contributed by atoms with Gasteiger partial charge >= 0.3 is 0 Å². The molecule has 0 aliphatic carbocycles. The number of hydrogen-bond donors (Lipinski definition) is 2. The zero-order chi connectivity index (χ0) is 16.5. The van der Waals surface area contributed by atoms with E-state index in [1.165, 1.54) is 24.2 Å². The summed E-state index contributed by atoms with van der Waals surface area (Å²) >= 11 is 1.54. The smallest absolute Gasteiger partial charge is 0.189 e. The Morgan fingerprint density at radius 1 is 1.25 bits per heavy atom. The van der Waals surface area contributed by atoms with Crippen LogP contribution in [0.1, 0.15) is 12.8 Å². The molecule has 0 radical (unpaired) electrons. The van der Waals surface area contributed by atoms with Crippen LogP contribution in [0.5, 0.6) is 5.75 Å². The third kappa shape index (κ3) is 2.69. The Hall–Kier alpha value is -2.61. The van der Waals surface area contributed by atoms with E-state index in [1.807, 2.05) is 18.2 Å². The molecule has 0 unspecified atom stereocenters. The van der Waals surface area contributed by atoms with Crippen molar-refractivity contribution < 1.29 is 4.74 Å². The third-order valence-corrected chi connectivity index (χ3v) is 5.02. The normalized spacial score (nSPS) is 14.3. The highest BCUT2D eigenvalue weighted by Crippen LogP contribution is 2.34. The molecule has 0 amide bonds. The summed E-state index contributed by atoms with van der Waals surface area (Å²) in [5.74, 6) is 2.21. The Labute approximate surface area is 143 Å². The van der Waals surface area contributed by atoms with E-state index in [2.05, 4.69) is 25.2 Å². The zero-order valence-corrected chi connectivity index (χ0v) is 14.1. The van der Waals surface area contributed by atoms with Crippen molar-refractivity contribution in [3.63, 3.8) is 0 Å². The predicted molar refractivity (Wildman–Crippen MR) is 97.3 cm³/mol. The molecule has 0 saturated carbocycles. The van der Waals surface area contributed by atoms with Gasteiger partial charge in [0, 0.05) is 13.1 Å². The van der Waals surface area contributed by atoms with Crippen molar-refractivity contribution in [3.8, 4) is 5.75 Å². The lowest BCUT2D eigenvalue weighted by atomic mass is 10.3. The number of anilines is 4. The van der Waals surface area contributed by atoms with Gasteiger partial charge in [-0.3, -0.25) is 0 Å². The maximum Gasteiger partial charge on any atom is 0.189 e. The summed E-state index contributed by atoms with van der Waals surface area (Å²) in [5.41, 5.74) is 7.76. The van der Waals surface area contributed by atoms with E-state index in [-0.39, 0.29) is 0 Å². The molecule has 0 spiro atoms. The predicted octanol–water partition coefficient (Wildman–Crippen LogP) is 3.02. The van der Waals surface area contributed by atoms with Crippen LogP contribution in [-0.4, -0.2) is 35.2 Å². The topological polar surface area (TPSA) is 89.2 Å². The first-order valence-corrected chi connectivity index (χ1v) is 8.63. The summed E-state index contributed by atoms with van der Waals surface area (Å²) in [4.78, 5) is 15.4. The minimum atomic E-state index is 0.566. The first kappa shape index (κ1) is 14.9. The van der Waals surface area contributed by atoms with Gasteiger partial charge in [-0.2, -0.15) is 0 Å². The molecule has 3 heterocycles. The van der Waals surface area contributed by atoms with Gasteiger partial charge in [-0.25, -0.2) is 15.0 Å². The number of benzene rings is 1. The fourth-order valence-corrected chi connectivity index (χ4v) is 3.75. The molecule has 24 heavy (non-hydrogen) atoms. The van der Waals surface area contributed by atoms with Crippen molar-refractivity contribution in [2.75, 3.05) is 36.1 Å². The fourth-order valence-electron chi connectivity index (χ4n) is 2.85. The van der Waals surface area contributed by atoms with Gasteiger partial charge in [0.1, 0.15) is 17.8 Å². The fraction of sp³-hybridized carbons (Fsp3) is 0.312. The molecule has 0 bridgehead atoms. The molecule has 4 rings (SSSR count). The van der Waals surface area contributed by atoms with Crippen LogP contribution in [0, 0.1) is 0 Å². The number of nitrogens with one attached hydrogen (secondary N) is 1. The molecule has 1 aliphatic rings. The summed E-state index contributed by atoms with van der Waals surface area (Å²) in [7, 11) is 1.66. The quantitative estimate of drug-likeness (QED) is 0.753. The Kier molecular flexibility index (Phi) is 3.81. The minimum absolute atomic E-state index is 0.566. The van der Waals surface area contributed by atoms with Gasteiger partial charge in [0.2, 0.25) is 0 Å². The largest absolute Gasteiger partial charge is 0.497 e. The van der Waals surface area contributed by atoms with Crippen LogP contribution in [0.25, 0.3) is 10.2 Å². The van der Waals surface area contributed by atoms with Crippen molar-refractivity contribution in [3.05, 3.63) is 24.5 Å². The molecule has 3 aromatic rings. The van der Waals surface area contributed by atoms with E-state index in [4.69, 9.17) is 10.5 Å². The molecular weight excluding hydrogens is 324 g/mol. The van der Waals surface area contributed by atoms with Crippen LogP contribution >= 0.6 is 11.3 Å². The van der Waals surface area contributed by atoms with Crippen molar-refractivity contribution in [1.29, 1.82) is 0 Å². The standard InChI is InChI=1S/C16H18N6OS/c1-23-10-4-5-11-12(8-10)24-16(20-11)21-14-13(17)15(19-9-18-14)22-6-2-3-7-22/h4-5,8-9H,2-3,6-7,17H2,1H3,(H,18,19,20,21). The number of thiazole rings is 1. The molecule has 2 aromatic heterocycles. The molecule has 3 N–H and O–H groups in total. The third-order valence-electron chi connectivity index (χ3n) is 4.09. The van der Waals surface area contributed by atoms with Gasteiger partial charge in [-0.05, 0) is 31.0 Å². The Balaban J connectivity index is 1.64. The summed E-state index contributed by atoms with van der Waals surface area (Å²) < 4.78 is 6.30. The maximum absolute atomic E-state index is 6.28. The molecular formula is C16H18N6OS. The lowest BCUT2D eigenvalue weighted by Gasteiger charge is -2.19. The monoisotopic (exact) mass is 342 g/mol. The summed E-state index contributed by atoms with van der Waals surface area (Å²) in [6, 6.07) is 5.81. The second-order valence-corrected chi connectivity index (χ2v) is 6.66. The summed E-state index contributed by atoms with van der Waals surface area (Å²) in [6.07, 6.45) is 3.89. The molecule has 1 aliphatic heterocycles. The van der Waals surface area contributed by atoms with Crippen LogP contribution < -0.4 is 20.7 Å². The number of aromatic nitrogens is 3. The first-order valence-electron chi connectivity index (χ1n) is 7.81. The van der Waals surface area contributed by atoms with E-state index < -0.39 is 0 Å². The van der Waals surface area contributed by atoms with E-state index in [1.54, 1.807) is 13.4 Å².